The number of hydrogen-bond donors (Lipinski definition) is 1. The van der Waals surface area contributed by atoms with Gasteiger partial charge in [-0.2, -0.15) is 5.21 Å². The fraction of sp³-hybridized carbons (Fsp3) is 0.167. The Balaban J connectivity index is 2.14. The first-order valence-electron chi connectivity index (χ1n) is 3.28. The molecular weight excluding hydrogens is 142 g/mol. The van der Waals surface area contributed by atoms with E-state index in [-0.39, 0.29) is 0 Å². The second-order valence-corrected chi connectivity index (χ2v) is 2.18. The van der Waals surface area contributed by atoms with Crippen molar-refractivity contribution >= 4 is 0 Å². The highest BCUT2D eigenvalue weighted by molar-refractivity contribution is 4.93. The molecule has 0 atom stereocenters. The molecule has 0 spiro atoms. The van der Waals surface area contributed by atoms with Crippen molar-refractivity contribution < 1.29 is 0 Å². The van der Waals surface area contributed by atoms with Crippen molar-refractivity contribution in [3.05, 3.63) is 30.4 Å². The predicted octanol–water partition coefficient (Wildman–Crippen LogP) is 0.0495. The molecule has 2 aromatic heterocycles. The van der Waals surface area contributed by atoms with Gasteiger partial charge in [-0.1, -0.05) is 5.21 Å². The topological polar surface area (TPSA) is 59.4 Å². The average molecular weight is 149 g/mol. The van der Waals surface area contributed by atoms with E-state index in [1.807, 2.05) is 29.1 Å². The molecule has 0 amide bonds. The Morgan fingerprint density at radius 1 is 1.36 bits per heavy atom. The number of aromatic amines is 1. The molecule has 1 N–H and O–H groups in total. The lowest BCUT2D eigenvalue weighted by atomic mass is 10.6. The lowest BCUT2D eigenvalue weighted by molar-refractivity contribution is 0.752. The number of hydrogen-bond acceptors (Lipinski definition) is 3. The van der Waals surface area contributed by atoms with E-state index < -0.39 is 0 Å². The first kappa shape index (κ1) is 6.09. The van der Waals surface area contributed by atoms with Crippen LogP contribution >= 0.6 is 0 Å². The van der Waals surface area contributed by atoms with Gasteiger partial charge >= 0.3 is 0 Å². The Bertz CT molecular complexity index is 263. The van der Waals surface area contributed by atoms with Gasteiger partial charge < -0.3 is 4.57 Å². The Labute approximate surface area is 63.0 Å². The number of nitrogens with one attached hydrogen (secondary N) is 1. The SMILES string of the molecule is c1ccn(Cc2nn[nH]n2)c1. The van der Waals surface area contributed by atoms with E-state index in [4.69, 9.17) is 0 Å². The van der Waals surface area contributed by atoms with Gasteiger partial charge in [0.15, 0.2) is 5.82 Å². The third kappa shape index (κ3) is 1.26. The molecule has 0 aliphatic heterocycles. The van der Waals surface area contributed by atoms with Gasteiger partial charge in [0.05, 0.1) is 6.54 Å². The molecule has 0 saturated heterocycles. The molecule has 11 heavy (non-hydrogen) atoms. The second-order valence-electron chi connectivity index (χ2n) is 2.18. The fourth-order valence-electron chi connectivity index (χ4n) is 0.888. The number of nitrogens with zero attached hydrogens (tertiary/aromatic N) is 4. The molecule has 0 aliphatic rings. The van der Waals surface area contributed by atoms with Crippen molar-refractivity contribution in [1.82, 2.24) is 25.2 Å². The van der Waals surface area contributed by atoms with Gasteiger partial charge in [0.2, 0.25) is 0 Å². The molecule has 0 unspecified atom stereocenters. The molecule has 5 heteroatoms. The van der Waals surface area contributed by atoms with Crippen LogP contribution in [-0.4, -0.2) is 25.2 Å². The minimum Gasteiger partial charge on any atom is -0.347 e. The summed E-state index contributed by atoms with van der Waals surface area (Å²) in [5, 5.41) is 13.5. The highest BCUT2D eigenvalue weighted by atomic mass is 15.5. The van der Waals surface area contributed by atoms with E-state index in [0.717, 1.165) is 0 Å². The summed E-state index contributed by atoms with van der Waals surface area (Å²) in [6.07, 6.45) is 3.91. The van der Waals surface area contributed by atoms with Crippen molar-refractivity contribution in [1.29, 1.82) is 0 Å². The molecule has 2 heterocycles. The Hall–Kier alpha value is -1.65. The summed E-state index contributed by atoms with van der Waals surface area (Å²) < 4.78 is 1.98. The van der Waals surface area contributed by atoms with Crippen LogP contribution in [0.2, 0.25) is 0 Å². The maximum absolute atomic E-state index is 3.82. The van der Waals surface area contributed by atoms with Crippen LogP contribution in [0.4, 0.5) is 0 Å². The van der Waals surface area contributed by atoms with Crippen LogP contribution in [0, 0.1) is 0 Å². The third-order valence-corrected chi connectivity index (χ3v) is 1.38. The standard InChI is InChI=1S/C6H7N5/c1-2-4-11(3-1)5-6-7-9-10-8-6/h1-4H,5H2,(H,7,8,9,10). The molecule has 0 radical (unpaired) electrons. The highest BCUT2D eigenvalue weighted by Crippen LogP contribution is 1.93. The van der Waals surface area contributed by atoms with Gasteiger partial charge in [-0.15, -0.1) is 10.2 Å². The van der Waals surface area contributed by atoms with Gasteiger partial charge in [0.25, 0.3) is 0 Å². The average Bonchev–Trinajstić information content (AvgIpc) is 2.60. The summed E-state index contributed by atoms with van der Waals surface area (Å²) in [5.74, 6) is 0.696. The number of tetrazole rings is 1. The zero-order valence-corrected chi connectivity index (χ0v) is 5.81. The second kappa shape index (κ2) is 2.53. The molecule has 0 aromatic carbocycles. The predicted molar refractivity (Wildman–Crippen MR) is 37.7 cm³/mol. The zero-order chi connectivity index (χ0) is 7.52. The van der Waals surface area contributed by atoms with Gasteiger partial charge in [0.1, 0.15) is 0 Å². The van der Waals surface area contributed by atoms with Gasteiger partial charge in [0, 0.05) is 12.4 Å². The summed E-state index contributed by atoms with van der Waals surface area (Å²) in [6, 6.07) is 3.92. The number of aromatic nitrogens is 5. The number of rotatable bonds is 2. The summed E-state index contributed by atoms with van der Waals surface area (Å²) in [6.45, 7) is 0.670. The van der Waals surface area contributed by atoms with E-state index in [9.17, 15) is 0 Å². The zero-order valence-electron chi connectivity index (χ0n) is 5.81. The smallest absolute Gasteiger partial charge is 0.194 e. The first-order chi connectivity index (χ1) is 5.45. The molecular formula is C6H7N5. The molecule has 0 aliphatic carbocycles. The summed E-state index contributed by atoms with van der Waals surface area (Å²) in [5.41, 5.74) is 0. The van der Waals surface area contributed by atoms with Crippen LogP contribution in [0.25, 0.3) is 0 Å². The van der Waals surface area contributed by atoms with Gasteiger partial charge in [-0.3, -0.25) is 0 Å². The lowest BCUT2D eigenvalue weighted by Crippen LogP contribution is -1.97. The van der Waals surface area contributed by atoms with E-state index in [1.165, 1.54) is 0 Å². The van der Waals surface area contributed by atoms with Crippen LogP contribution in [-0.2, 0) is 6.54 Å². The molecule has 56 valence electrons. The van der Waals surface area contributed by atoms with Gasteiger partial charge in [-0.25, -0.2) is 0 Å². The Morgan fingerprint density at radius 3 is 2.82 bits per heavy atom. The summed E-state index contributed by atoms with van der Waals surface area (Å²) in [7, 11) is 0. The van der Waals surface area contributed by atoms with Crippen LogP contribution in [0.15, 0.2) is 24.5 Å². The molecule has 0 fully saturated rings. The van der Waals surface area contributed by atoms with Crippen LogP contribution in [0.5, 0.6) is 0 Å². The molecule has 0 bridgehead atoms. The molecule has 2 aromatic rings. The summed E-state index contributed by atoms with van der Waals surface area (Å²) >= 11 is 0. The largest absolute Gasteiger partial charge is 0.347 e. The Kier molecular flexibility index (Phi) is 1.40. The normalized spacial score (nSPS) is 10.2. The summed E-state index contributed by atoms with van der Waals surface area (Å²) in [4.78, 5) is 0. The van der Waals surface area contributed by atoms with E-state index in [2.05, 4.69) is 20.6 Å². The monoisotopic (exact) mass is 149 g/mol. The Morgan fingerprint density at radius 2 is 2.18 bits per heavy atom. The van der Waals surface area contributed by atoms with Crippen LogP contribution in [0.3, 0.4) is 0 Å². The van der Waals surface area contributed by atoms with Crippen molar-refractivity contribution in [2.24, 2.45) is 0 Å². The molecule has 0 saturated carbocycles. The van der Waals surface area contributed by atoms with E-state index in [1.54, 1.807) is 0 Å². The quantitative estimate of drug-likeness (QED) is 0.656. The van der Waals surface area contributed by atoms with Crippen molar-refractivity contribution in [3.63, 3.8) is 0 Å². The van der Waals surface area contributed by atoms with Crippen molar-refractivity contribution in [2.75, 3.05) is 0 Å². The van der Waals surface area contributed by atoms with Crippen molar-refractivity contribution in [3.8, 4) is 0 Å². The minimum atomic E-state index is 0.670. The molecule has 5 nitrogen and oxygen atoms in total. The van der Waals surface area contributed by atoms with E-state index in [0.29, 0.717) is 12.4 Å². The van der Waals surface area contributed by atoms with Crippen LogP contribution in [0.1, 0.15) is 5.82 Å². The highest BCUT2D eigenvalue weighted by Gasteiger charge is 1.96. The minimum absolute atomic E-state index is 0.670. The lowest BCUT2D eigenvalue weighted by Gasteiger charge is -1.94. The van der Waals surface area contributed by atoms with E-state index >= 15 is 0 Å². The fourth-order valence-corrected chi connectivity index (χ4v) is 0.888. The first-order valence-corrected chi connectivity index (χ1v) is 3.28. The van der Waals surface area contributed by atoms with Crippen molar-refractivity contribution in [2.45, 2.75) is 6.54 Å². The maximum Gasteiger partial charge on any atom is 0.194 e. The van der Waals surface area contributed by atoms with Crippen LogP contribution < -0.4 is 0 Å². The maximum atomic E-state index is 3.82. The third-order valence-electron chi connectivity index (χ3n) is 1.38. The van der Waals surface area contributed by atoms with Gasteiger partial charge in [-0.05, 0) is 12.1 Å². The molecule has 2 rings (SSSR count). The number of H-pyrrole nitrogens is 1.